The predicted molar refractivity (Wildman–Crippen MR) is 47.0 cm³/mol. The fourth-order valence-electron chi connectivity index (χ4n) is 1.13. The third-order valence-electron chi connectivity index (χ3n) is 1.75. The first-order chi connectivity index (χ1) is 6.66. The van der Waals surface area contributed by atoms with Gasteiger partial charge in [0.15, 0.2) is 12.0 Å². The molecule has 1 aliphatic heterocycles. The lowest BCUT2D eigenvalue weighted by Gasteiger charge is -2.11. The van der Waals surface area contributed by atoms with Crippen molar-refractivity contribution in [3.8, 4) is 0 Å². The molecule has 0 aromatic carbocycles. The highest BCUT2D eigenvalue weighted by molar-refractivity contribution is 7.99. The van der Waals surface area contributed by atoms with Crippen molar-refractivity contribution in [2.45, 2.75) is 11.8 Å². The number of hydrogen-bond acceptors (Lipinski definition) is 5. The molecule has 0 bridgehead atoms. The Balaban J connectivity index is 2.32. The summed E-state index contributed by atoms with van der Waals surface area (Å²) in [6.45, 7) is 0. The zero-order valence-electron chi connectivity index (χ0n) is 6.96. The van der Waals surface area contributed by atoms with E-state index in [1.807, 2.05) is 0 Å². The topological polar surface area (TPSA) is 64.4 Å². The number of nitrogens with zero attached hydrogens (tertiary/aromatic N) is 2. The molecule has 0 aliphatic carbocycles. The van der Waals surface area contributed by atoms with Gasteiger partial charge in [0.2, 0.25) is 5.62 Å². The van der Waals surface area contributed by atoms with Gasteiger partial charge in [-0.2, -0.15) is 4.98 Å². The van der Waals surface area contributed by atoms with E-state index in [9.17, 15) is 9.18 Å². The maximum absolute atomic E-state index is 12.8. The zero-order valence-corrected chi connectivity index (χ0v) is 7.78. The minimum absolute atomic E-state index is 0.395. The van der Waals surface area contributed by atoms with Gasteiger partial charge in [-0.15, -0.1) is 0 Å². The molecule has 1 aromatic rings. The third-order valence-corrected chi connectivity index (χ3v) is 2.62. The molecular weight excluding hydrogens is 211 g/mol. The number of ether oxygens (including phenoxy) is 1. The average molecular weight is 218 g/mol. The normalized spacial score (nSPS) is 26.7. The number of hydrogen-bond donors (Lipinski definition) is 1. The zero-order chi connectivity index (χ0) is 10.1. The van der Waals surface area contributed by atoms with Crippen molar-refractivity contribution in [2.24, 2.45) is 0 Å². The van der Waals surface area contributed by atoms with Gasteiger partial charge in [0.25, 0.3) is 0 Å². The van der Waals surface area contributed by atoms with Crippen LogP contribution in [0.2, 0.25) is 0 Å². The van der Waals surface area contributed by atoms with Crippen molar-refractivity contribution in [2.75, 3.05) is 5.75 Å². The van der Waals surface area contributed by atoms with E-state index in [1.54, 1.807) is 0 Å². The first-order valence-electron chi connectivity index (χ1n) is 3.85. The second-order valence-corrected chi connectivity index (χ2v) is 3.76. The SMILES string of the molecule is O=c1ncc(F)cn1C1CSC(O)O1. The summed E-state index contributed by atoms with van der Waals surface area (Å²) < 4.78 is 18.7. The van der Waals surface area contributed by atoms with E-state index in [0.717, 1.165) is 28.7 Å². The number of aromatic nitrogens is 2. The Labute approximate surface area is 82.5 Å². The average Bonchev–Trinajstić information content (AvgIpc) is 2.56. The van der Waals surface area contributed by atoms with Crippen LogP contribution in [0.5, 0.6) is 0 Å². The quantitative estimate of drug-likeness (QED) is 0.714. The van der Waals surface area contributed by atoms with E-state index in [0.29, 0.717) is 5.75 Å². The summed E-state index contributed by atoms with van der Waals surface area (Å²) >= 11 is 1.14. The first kappa shape index (κ1) is 9.63. The Morgan fingerprint density at radius 3 is 3.21 bits per heavy atom. The summed E-state index contributed by atoms with van der Waals surface area (Å²) in [4.78, 5) is 14.5. The molecule has 5 nitrogen and oxygen atoms in total. The van der Waals surface area contributed by atoms with Gasteiger partial charge in [0.1, 0.15) is 0 Å². The number of aliphatic hydroxyl groups is 1. The number of aliphatic hydroxyl groups excluding tert-OH is 1. The van der Waals surface area contributed by atoms with Crippen molar-refractivity contribution in [3.63, 3.8) is 0 Å². The second-order valence-electron chi connectivity index (χ2n) is 2.69. The molecule has 0 radical (unpaired) electrons. The molecule has 1 N–H and O–H groups in total. The van der Waals surface area contributed by atoms with E-state index in [1.165, 1.54) is 0 Å². The summed E-state index contributed by atoms with van der Waals surface area (Å²) in [6.07, 6.45) is 1.21. The molecule has 0 amide bonds. The van der Waals surface area contributed by atoms with E-state index in [2.05, 4.69) is 4.98 Å². The van der Waals surface area contributed by atoms with E-state index in [-0.39, 0.29) is 0 Å². The molecule has 0 spiro atoms. The minimum atomic E-state index is -0.963. The van der Waals surface area contributed by atoms with Crippen LogP contribution in [-0.4, -0.2) is 26.0 Å². The Morgan fingerprint density at radius 1 is 1.79 bits per heavy atom. The fourth-order valence-corrected chi connectivity index (χ4v) is 1.91. The third kappa shape index (κ3) is 1.79. The lowest BCUT2D eigenvalue weighted by Crippen LogP contribution is -2.28. The van der Waals surface area contributed by atoms with Crippen LogP contribution >= 0.6 is 11.8 Å². The molecule has 0 saturated carbocycles. The standard InChI is InChI=1S/C7H7FN2O3S/c8-4-1-9-6(11)10(2-4)5-3-14-7(12)13-5/h1-2,5,7,12H,3H2. The maximum Gasteiger partial charge on any atom is 0.349 e. The van der Waals surface area contributed by atoms with Gasteiger partial charge in [-0.3, -0.25) is 4.57 Å². The first-order valence-corrected chi connectivity index (χ1v) is 4.90. The van der Waals surface area contributed by atoms with Gasteiger partial charge in [-0.05, 0) is 0 Å². The number of halogens is 1. The Kier molecular flexibility index (Phi) is 2.53. The highest BCUT2D eigenvalue weighted by Gasteiger charge is 2.26. The van der Waals surface area contributed by atoms with Crippen LogP contribution in [0.3, 0.4) is 0 Å². The van der Waals surface area contributed by atoms with Crippen molar-refractivity contribution < 1.29 is 14.2 Å². The van der Waals surface area contributed by atoms with E-state index in [4.69, 9.17) is 9.84 Å². The number of rotatable bonds is 1. The number of thioether (sulfide) groups is 1. The smallest absolute Gasteiger partial charge is 0.349 e. The second kappa shape index (κ2) is 3.68. The molecule has 1 saturated heterocycles. The molecule has 2 unspecified atom stereocenters. The molecule has 1 aliphatic rings. The lowest BCUT2D eigenvalue weighted by atomic mass is 10.5. The molecule has 1 fully saturated rings. The van der Waals surface area contributed by atoms with Crippen LogP contribution in [0.25, 0.3) is 0 Å². The maximum atomic E-state index is 12.8. The Morgan fingerprint density at radius 2 is 2.57 bits per heavy atom. The monoisotopic (exact) mass is 218 g/mol. The van der Waals surface area contributed by atoms with Gasteiger partial charge in [-0.1, -0.05) is 11.8 Å². The summed E-state index contributed by atoms with van der Waals surface area (Å²) in [5.41, 5.74) is -1.55. The minimum Gasteiger partial charge on any atom is -0.359 e. The van der Waals surface area contributed by atoms with Gasteiger partial charge < -0.3 is 9.84 Å². The van der Waals surface area contributed by atoms with Gasteiger partial charge in [-0.25, -0.2) is 9.18 Å². The molecule has 2 atom stereocenters. The van der Waals surface area contributed by atoms with Crippen LogP contribution in [0.4, 0.5) is 4.39 Å². The molecule has 14 heavy (non-hydrogen) atoms. The fraction of sp³-hybridized carbons (Fsp3) is 0.429. The summed E-state index contributed by atoms with van der Waals surface area (Å²) in [6, 6.07) is 0. The largest absolute Gasteiger partial charge is 0.359 e. The summed E-state index contributed by atoms with van der Waals surface area (Å²) in [7, 11) is 0. The predicted octanol–water partition coefficient (Wildman–Crippen LogP) is -0.0797. The molecule has 76 valence electrons. The van der Waals surface area contributed by atoms with Crippen LogP contribution in [0.15, 0.2) is 17.2 Å². The summed E-state index contributed by atoms with van der Waals surface area (Å²) in [5, 5.41) is 9.03. The highest BCUT2D eigenvalue weighted by Crippen LogP contribution is 2.28. The van der Waals surface area contributed by atoms with Crippen molar-refractivity contribution >= 4 is 11.8 Å². The molecule has 2 heterocycles. The molecule has 1 aromatic heterocycles. The van der Waals surface area contributed by atoms with Crippen LogP contribution in [-0.2, 0) is 4.74 Å². The summed E-state index contributed by atoms with van der Waals surface area (Å²) in [5.74, 6) is -0.216. The molecule has 2 rings (SSSR count). The van der Waals surface area contributed by atoms with Crippen molar-refractivity contribution in [1.82, 2.24) is 9.55 Å². The van der Waals surface area contributed by atoms with Gasteiger partial charge >= 0.3 is 5.69 Å². The Bertz CT molecular complexity index is 397. The Hall–Kier alpha value is -0.920. The van der Waals surface area contributed by atoms with E-state index < -0.39 is 23.4 Å². The van der Waals surface area contributed by atoms with Gasteiger partial charge in [0.05, 0.1) is 6.20 Å². The van der Waals surface area contributed by atoms with Crippen LogP contribution in [0.1, 0.15) is 6.23 Å². The van der Waals surface area contributed by atoms with E-state index >= 15 is 0 Å². The molecule has 7 heteroatoms. The van der Waals surface area contributed by atoms with Gasteiger partial charge in [0, 0.05) is 11.9 Å². The lowest BCUT2D eigenvalue weighted by molar-refractivity contribution is -0.0842. The van der Waals surface area contributed by atoms with Crippen LogP contribution in [0, 0.1) is 5.82 Å². The van der Waals surface area contributed by atoms with Crippen molar-refractivity contribution in [3.05, 3.63) is 28.7 Å². The molecular formula is C7H7FN2O3S. The van der Waals surface area contributed by atoms with Crippen LogP contribution < -0.4 is 5.69 Å². The van der Waals surface area contributed by atoms with Crippen molar-refractivity contribution in [1.29, 1.82) is 0 Å². The highest BCUT2D eigenvalue weighted by atomic mass is 32.2.